The molecule has 0 amide bonds. The fourth-order valence-corrected chi connectivity index (χ4v) is 4.99. The number of nitrogens with zero attached hydrogens (tertiary/aromatic N) is 2. The minimum Gasteiger partial charge on any atom is -0.482 e. The number of rotatable bonds is 8. The Bertz CT molecular complexity index is 1540. The lowest BCUT2D eigenvalue weighted by atomic mass is 9.96. The molecule has 1 atom stereocenters. The molecule has 8 nitrogen and oxygen atoms in total. The molecule has 10 heteroatoms. The summed E-state index contributed by atoms with van der Waals surface area (Å²) in [6.07, 6.45) is 1.69. The molecule has 2 aromatic carbocycles. The number of halogens is 1. The molecule has 0 fully saturated rings. The first-order valence-electron chi connectivity index (χ1n) is 11.7. The van der Waals surface area contributed by atoms with Gasteiger partial charge in [-0.2, -0.15) is 0 Å². The van der Waals surface area contributed by atoms with Gasteiger partial charge in [0.25, 0.3) is 5.56 Å². The van der Waals surface area contributed by atoms with Crippen LogP contribution < -0.4 is 19.6 Å². The van der Waals surface area contributed by atoms with Crippen molar-refractivity contribution in [1.82, 2.24) is 4.57 Å². The lowest BCUT2D eigenvalue weighted by molar-refractivity contribution is -0.145. The predicted octanol–water partition coefficient (Wildman–Crippen LogP) is 2.88. The zero-order valence-electron chi connectivity index (χ0n) is 20.5. The third kappa shape index (κ3) is 5.69. The van der Waals surface area contributed by atoms with Gasteiger partial charge < -0.3 is 14.2 Å². The lowest BCUT2D eigenvalue weighted by Crippen LogP contribution is -2.39. The second-order valence-corrected chi connectivity index (χ2v) is 9.03. The lowest BCUT2D eigenvalue weighted by Gasteiger charge is -2.24. The van der Waals surface area contributed by atoms with E-state index in [1.807, 2.05) is 0 Å². The highest BCUT2D eigenvalue weighted by Crippen LogP contribution is 2.30. The molecule has 2 heterocycles. The number of carbonyl (C=O) groups is 2. The van der Waals surface area contributed by atoms with E-state index in [0.717, 1.165) is 0 Å². The number of hydrogen-bond donors (Lipinski definition) is 0. The third-order valence-corrected chi connectivity index (χ3v) is 6.50. The monoisotopic (exact) mass is 524 g/mol. The smallest absolute Gasteiger partial charge is 0.344 e. The van der Waals surface area contributed by atoms with Crippen molar-refractivity contribution in [2.24, 2.45) is 4.99 Å². The van der Waals surface area contributed by atoms with Crippen LogP contribution >= 0.6 is 11.3 Å². The van der Waals surface area contributed by atoms with E-state index < -0.39 is 23.8 Å². The number of ether oxygens (including phenoxy) is 3. The van der Waals surface area contributed by atoms with Crippen LogP contribution in [0.1, 0.15) is 37.9 Å². The molecule has 0 aliphatic carbocycles. The Labute approximate surface area is 215 Å². The molecule has 0 spiro atoms. The second-order valence-electron chi connectivity index (χ2n) is 8.02. The summed E-state index contributed by atoms with van der Waals surface area (Å²) in [7, 11) is 0. The minimum absolute atomic E-state index is 0.157. The SMILES string of the molecule is CCOC(=O)COc1cccc(/C=c2\sc3n(c2=O)[C@H](c2ccc(F)cc2)C(C(=O)OCC)=C(C)N=3)c1. The summed E-state index contributed by atoms with van der Waals surface area (Å²) in [4.78, 5) is 43.0. The average Bonchev–Trinajstić information content (AvgIpc) is 3.17. The summed E-state index contributed by atoms with van der Waals surface area (Å²) in [6, 6.07) is 11.8. The van der Waals surface area contributed by atoms with Gasteiger partial charge in [0.2, 0.25) is 0 Å². The number of allylic oxidation sites excluding steroid dienone is 1. The number of esters is 2. The van der Waals surface area contributed by atoms with Gasteiger partial charge in [0.1, 0.15) is 11.6 Å². The van der Waals surface area contributed by atoms with Crippen LogP contribution in [0.4, 0.5) is 4.39 Å². The van der Waals surface area contributed by atoms with E-state index in [9.17, 15) is 18.8 Å². The zero-order valence-corrected chi connectivity index (χ0v) is 21.3. The first-order valence-corrected chi connectivity index (χ1v) is 12.5. The Morgan fingerprint density at radius 1 is 1.11 bits per heavy atom. The molecule has 4 rings (SSSR count). The molecule has 0 radical (unpaired) electrons. The van der Waals surface area contributed by atoms with Crippen LogP contribution in [0.5, 0.6) is 5.75 Å². The van der Waals surface area contributed by atoms with Crippen LogP contribution in [0.25, 0.3) is 6.08 Å². The van der Waals surface area contributed by atoms with Crippen LogP contribution in [-0.4, -0.2) is 36.3 Å². The maximum absolute atomic E-state index is 13.7. The van der Waals surface area contributed by atoms with Crippen molar-refractivity contribution in [3.63, 3.8) is 0 Å². The standard InChI is InChI=1S/C27H25FN2O6S/c1-4-34-22(31)15-36-20-8-6-7-17(13-20)14-21-25(32)30-24(18-9-11-19(28)12-10-18)23(26(33)35-5-2)16(3)29-27(30)37-21/h6-14,24H,4-5,15H2,1-3H3/b21-14-/t24-/m1/s1. The van der Waals surface area contributed by atoms with Gasteiger partial charge in [0, 0.05) is 0 Å². The van der Waals surface area contributed by atoms with Gasteiger partial charge >= 0.3 is 11.9 Å². The Hall–Kier alpha value is -4.05. The van der Waals surface area contributed by atoms with Gasteiger partial charge in [-0.3, -0.25) is 9.36 Å². The van der Waals surface area contributed by atoms with Crippen molar-refractivity contribution in [2.45, 2.75) is 26.8 Å². The van der Waals surface area contributed by atoms with E-state index in [1.165, 1.54) is 28.0 Å². The first kappa shape index (κ1) is 26.0. The molecule has 0 unspecified atom stereocenters. The summed E-state index contributed by atoms with van der Waals surface area (Å²) < 4.78 is 31.1. The van der Waals surface area contributed by atoms with E-state index in [4.69, 9.17) is 14.2 Å². The van der Waals surface area contributed by atoms with Crippen molar-refractivity contribution >= 4 is 29.4 Å². The highest BCUT2D eigenvalue weighted by molar-refractivity contribution is 7.07. The molecule has 1 aliphatic rings. The number of thiazole rings is 1. The topological polar surface area (TPSA) is 96.2 Å². The van der Waals surface area contributed by atoms with E-state index >= 15 is 0 Å². The number of carbonyl (C=O) groups excluding carboxylic acids is 2. The molecule has 1 aromatic heterocycles. The van der Waals surface area contributed by atoms with Crippen LogP contribution in [0, 0.1) is 5.82 Å². The molecule has 0 saturated carbocycles. The summed E-state index contributed by atoms with van der Waals surface area (Å²) in [6.45, 7) is 5.29. The Morgan fingerprint density at radius 3 is 2.54 bits per heavy atom. The molecular formula is C27H25FN2O6S. The largest absolute Gasteiger partial charge is 0.482 e. The van der Waals surface area contributed by atoms with Gasteiger partial charge in [-0.05, 0) is 62.2 Å². The zero-order chi connectivity index (χ0) is 26.5. The molecule has 192 valence electrons. The fourth-order valence-electron chi connectivity index (χ4n) is 3.94. The Kier molecular flexibility index (Phi) is 7.98. The average molecular weight is 525 g/mol. The van der Waals surface area contributed by atoms with Gasteiger partial charge in [-0.15, -0.1) is 0 Å². The van der Waals surface area contributed by atoms with Gasteiger partial charge in [0.15, 0.2) is 11.4 Å². The Morgan fingerprint density at radius 2 is 1.84 bits per heavy atom. The van der Waals surface area contributed by atoms with Gasteiger partial charge in [-0.25, -0.2) is 19.0 Å². The Balaban J connectivity index is 1.78. The normalized spacial score (nSPS) is 15.1. The highest BCUT2D eigenvalue weighted by Gasteiger charge is 2.33. The summed E-state index contributed by atoms with van der Waals surface area (Å²) in [5.41, 5.74) is 1.52. The van der Waals surface area contributed by atoms with Crippen molar-refractivity contribution < 1.29 is 28.2 Å². The first-order chi connectivity index (χ1) is 17.8. The predicted molar refractivity (Wildman–Crippen MR) is 135 cm³/mol. The van der Waals surface area contributed by atoms with Crippen molar-refractivity contribution in [2.75, 3.05) is 19.8 Å². The van der Waals surface area contributed by atoms with Crippen LogP contribution in [0.15, 0.2) is 69.6 Å². The van der Waals surface area contributed by atoms with Crippen molar-refractivity contribution in [1.29, 1.82) is 0 Å². The molecule has 0 bridgehead atoms. The van der Waals surface area contributed by atoms with E-state index in [-0.39, 0.29) is 31.0 Å². The van der Waals surface area contributed by atoms with Crippen molar-refractivity contribution in [3.05, 3.63) is 96.4 Å². The van der Waals surface area contributed by atoms with Gasteiger partial charge in [-0.1, -0.05) is 35.6 Å². The van der Waals surface area contributed by atoms with E-state index in [0.29, 0.717) is 31.9 Å². The molecule has 0 N–H and O–H groups in total. The number of hydrogen-bond acceptors (Lipinski definition) is 8. The number of aromatic nitrogens is 1. The summed E-state index contributed by atoms with van der Waals surface area (Å²) in [5, 5.41) is 0. The van der Waals surface area contributed by atoms with Crippen molar-refractivity contribution in [3.8, 4) is 5.75 Å². The molecule has 3 aromatic rings. The van der Waals surface area contributed by atoms with Gasteiger partial charge in [0.05, 0.1) is 35.1 Å². The number of fused-ring (bicyclic) bond motifs is 1. The fraction of sp³-hybridized carbons (Fsp3) is 0.259. The maximum atomic E-state index is 13.7. The highest BCUT2D eigenvalue weighted by atomic mass is 32.1. The molecule has 0 saturated heterocycles. The van der Waals surface area contributed by atoms with Crippen LogP contribution in [0.2, 0.25) is 0 Å². The quantitative estimate of drug-likeness (QED) is 0.421. The molecule has 37 heavy (non-hydrogen) atoms. The maximum Gasteiger partial charge on any atom is 0.344 e. The summed E-state index contributed by atoms with van der Waals surface area (Å²) >= 11 is 1.17. The van der Waals surface area contributed by atoms with Crippen LogP contribution in [0.3, 0.4) is 0 Å². The molecular weight excluding hydrogens is 499 g/mol. The van der Waals surface area contributed by atoms with E-state index in [1.54, 1.807) is 63.2 Å². The minimum atomic E-state index is -0.822. The molecule has 1 aliphatic heterocycles. The third-order valence-electron chi connectivity index (χ3n) is 5.52. The summed E-state index contributed by atoms with van der Waals surface area (Å²) in [5.74, 6) is -1.05. The second kappa shape index (κ2) is 11.3. The van der Waals surface area contributed by atoms with Crippen LogP contribution in [-0.2, 0) is 19.1 Å². The number of benzene rings is 2. The van der Waals surface area contributed by atoms with E-state index in [2.05, 4.69) is 4.99 Å².